The Kier molecular flexibility index (Phi) is 6.14. The van der Waals surface area contributed by atoms with E-state index in [1.54, 1.807) is 24.0 Å². The van der Waals surface area contributed by atoms with E-state index in [1.807, 2.05) is 0 Å². The van der Waals surface area contributed by atoms with E-state index in [9.17, 15) is 4.79 Å². The summed E-state index contributed by atoms with van der Waals surface area (Å²) < 4.78 is 3.95. The van der Waals surface area contributed by atoms with E-state index in [0.717, 1.165) is 39.0 Å². The van der Waals surface area contributed by atoms with Crippen molar-refractivity contribution in [1.29, 1.82) is 0 Å². The van der Waals surface area contributed by atoms with Gasteiger partial charge in [-0.25, -0.2) is 4.98 Å². The number of hydrogen-bond acceptors (Lipinski definition) is 4. The molecule has 3 heterocycles. The Bertz CT molecular complexity index is 764. The number of hydrogen-bond donors (Lipinski definition) is 1. The average molecular weight is 358 g/mol. The molecule has 0 spiro atoms. The highest BCUT2D eigenvalue weighted by Gasteiger charge is 2.22. The fraction of sp³-hybridized carbons (Fsp3) is 0.600. The molecule has 1 saturated heterocycles. The summed E-state index contributed by atoms with van der Waals surface area (Å²) in [4.78, 5) is 18.8. The van der Waals surface area contributed by atoms with Gasteiger partial charge in [-0.1, -0.05) is 13.8 Å². The van der Waals surface area contributed by atoms with Gasteiger partial charge in [0.05, 0.1) is 0 Å². The zero-order valence-electron chi connectivity index (χ0n) is 16.2. The molecule has 0 saturated carbocycles. The van der Waals surface area contributed by atoms with Crippen molar-refractivity contribution in [2.75, 3.05) is 18.0 Å². The summed E-state index contributed by atoms with van der Waals surface area (Å²) in [6.45, 7) is 8.19. The van der Waals surface area contributed by atoms with Gasteiger partial charge in [-0.3, -0.25) is 4.79 Å². The highest BCUT2D eigenvalue weighted by atomic mass is 16.1. The Hall–Kier alpha value is -2.08. The molecule has 0 unspecified atom stereocenters. The van der Waals surface area contributed by atoms with Crippen molar-refractivity contribution in [3.05, 3.63) is 46.8 Å². The van der Waals surface area contributed by atoms with Crippen LogP contribution in [0.15, 0.2) is 35.5 Å². The van der Waals surface area contributed by atoms with Gasteiger partial charge in [-0.2, -0.15) is 0 Å². The van der Waals surface area contributed by atoms with Crippen molar-refractivity contribution in [2.45, 2.75) is 52.2 Å². The molecule has 26 heavy (non-hydrogen) atoms. The molecule has 1 aliphatic rings. The predicted molar refractivity (Wildman–Crippen MR) is 105 cm³/mol. The fourth-order valence-electron chi connectivity index (χ4n) is 3.51. The van der Waals surface area contributed by atoms with Gasteiger partial charge in [0.25, 0.3) is 5.56 Å². The van der Waals surface area contributed by atoms with E-state index in [0.29, 0.717) is 17.8 Å². The van der Waals surface area contributed by atoms with Crippen molar-refractivity contribution in [2.24, 2.45) is 13.0 Å². The monoisotopic (exact) mass is 357 g/mol. The SMILES string of the molecule is CC(C)CCn1cccc1CN[C@@H]1CCCN(c2nccn(C)c2=O)C1. The van der Waals surface area contributed by atoms with Crippen LogP contribution in [-0.2, 0) is 20.1 Å². The van der Waals surface area contributed by atoms with Crippen molar-refractivity contribution >= 4 is 5.82 Å². The Morgan fingerprint density at radius 1 is 1.35 bits per heavy atom. The molecule has 1 aliphatic heterocycles. The number of anilines is 1. The lowest BCUT2D eigenvalue weighted by atomic mass is 10.1. The number of nitrogens with zero attached hydrogens (tertiary/aromatic N) is 4. The molecule has 6 heteroatoms. The Morgan fingerprint density at radius 3 is 3.00 bits per heavy atom. The van der Waals surface area contributed by atoms with Gasteiger partial charge in [0.15, 0.2) is 5.82 Å². The average Bonchev–Trinajstić information content (AvgIpc) is 3.08. The molecule has 0 bridgehead atoms. The Labute approximate surface area is 155 Å². The van der Waals surface area contributed by atoms with Gasteiger partial charge in [0.2, 0.25) is 0 Å². The van der Waals surface area contributed by atoms with Gasteiger partial charge < -0.3 is 19.4 Å². The summed E-state index contributed by atoms with van der Waals surface area (Å²) in [7, 11) is 1.78. The first-order valence-corrected chi connectivity index (χ1v) is 9.68. The van der Waals surface area contributed by atoms with Crippen LogP contribution in [0.2, 0.25) is 0 Å². The van der Waals surface area contributed by atoms with Crippen LogP contribution in [0.4, 0.5) is 5.82 Å². The maximum atomic E-state index is 12.3. The summed E-state index contributed by atoms with van der Waals surface area (Å²) >= 11 is 0. The van der Waals surface area contributed by atoms with Crippen LogP contribution in [0.25, 0.3) is 0 Å². The lowest BCUT2D eigenvalue weighted by Gasteiger charge is -2.33. The van der Waals surface area contributed by atoms with Crippen molar-refractivity contribution in [1.82, 2.24) is 19.4 Å². The van der Waals surface area contributed by atoms with Crippen LogP contribution < -0.4 is 15.8 Å². The molecule has 0 radical (unpaired) electrons. The molecule has 2 aromatic rings. The third-order valence-corrected chi connectivity index (χ3v) is 5.16. The Balaban J connectivity index is 1.59. The molecule has 0 aromatic carbocycles. The topological polar surface area (TPSA) is 55.1 Å². The maximum absolute atomic E-state index is 12.3. The normalized spacial score (nSPS) is 17.8. The molecular formula is C20H31N5O. The standard InChI is InChI=1S/C20H31N5O/c1-16(2)8-12-24-10-5-7-18(24)14-22-17-6-4-11-25(15-17)19-20(26)23(3)13-9-21-19/h5,7,9-10,13,16-17,22H,4,6,8,11-12,14-15H2,1-3H3/t17-/m1/s1. The molecule has 142 valence electrons. The van der Waals surface area contributed by atoms with Crippen LogP contribution in [0.1, 0.15) is 38.8 Å². The first-order chi connectivity index (χ1) is 12.5. The molecule has 1 atom stereocenters. The molecule has 0 amide bonds. The van der Waals surface area contributed by atoms with Crippen molar-refractivity contribution < 1.29 is 0 Å². The van der Waals surface area contributed by atoms with Gasteiger partial charge in [-0.15, -0.1) is 0 Å². The summed E-state index contributed by atoms with van der Waals surface area (Å²) in [6, 6.07) is 4.70. The second-order valence-electron chi connectivity index (χ2n) is 7.71. The second kappa shape index (κ2) is 8.54. The fourth-order valence-corrected chi connectivity index (χ4v) is 3.51. The van der Waals surface area contributed by atoms with Crippen LogP contribution in [-0.4, -0.2) is 33.2 Å². The zero-order chi connectivity index (χ0) is 18.5. The lowest BCUT2D eigenvalue weighted by Crippen LogP contribution is -2.47. The molecule has 1 N–H and O–H groups in total. The highest BCUT2D eigenvalue weighted by molar-refractivity contribution is 5.36. The molecule has 3 rings (SSSR count). The van der Waals surface area contributed by atoms with E-state index in [2.05, 4.69) is 51.9 Å². The van der Waals surface area contributed by atoms with Gasteiger partial charge in [0.1, 0.15) is 0 Å². The van der Waals surface area contributed by atoms with Gasteiger partial charge in [-0.05, 0) is 37.3 Å². The molecular weight excluding hydrogens is 326 g/mol. The number of nitrogens with one attached hydrogen (secondary N) is 1. The number of aryl methyl sites for hydroxylation is 2. The minimum Gasteiger partial charge on any atom is -0.350 e. The van der Waals surface area contributed by atoms with Crippen molar-refractivity contribution in [3.8, 4) is 0 Å². The van der Waals surface area contributed by atoms with Crippen LogP contribution in [0, 0.1) is 5.92 Å². The van der Waals surface area contributed by atoms with Gasteiger partial charge in [0, 0.05) is 63.6 Å². The first-order valence-electron chi connectivity index (χ1n) is 9.68. The number of rotatable bonds is 7. The lowest BCUT2D eigenvalue weighted by molar-refractivity contribution is 0.410. The number of aromatic nitrogens is 3. The third-order valence-electron chi connectivity index (χ3n) is 5.16. The summed E-state index contributed by atoms with van der Waals surface area (Å²) in [5.74, 6) is 1.29. The van der Waals surface area contributed by atoms with Crippen molar-refractivity contribution in [3.63, 3.8) is 0 Å². The quantitative estimate of drug-likeness (QED) is 0.827. The Morgan fingerprint density at radius 2 is 2.19 bits per heavy atom. The molecule has 1 fully saturated rings. The molecule has 0 aliphatic carbocycles. The van der Waals surface area contributed by atoms with Crippen LogP contribution >= 0.6 is 0 Å². The number of piperidine rings is 1. The van der Waals surface area contributed by atoms with Gasteiger partial charge >= 0.3 is 0 Å². The predicted octanol–water partition coefficient (Wildman–Crippen LogP) is 2.39. The zero-order valence-corrected chi connectivity index (χ0v) is 16.2. The maximum Gasteiger partial charge on any atom is 0.293 e. The highest BCUT2D eigenvalue weighted by Crippen LogP contribution is 2.15. The third kappa shape index (κ3) is 4.55. The van der Waals surface area contributed by atoms with E-state index >= 15 is 0 Å². The smallest absolute Gasteiger partial charge is 0.293 e. The minimum atomic E-state index is -0.0179. The van der Waals surface area contributed by atoms with E-state index in [4.69, 9.17) is 0 Å². The minimum absolute atomic E-state index is 0.0179. The van der Waals surface area contributed by atoms with E-state index < -0.39 is 0 Å². The molecule has 6 nitrogen and oxygen atoms in total. The van der Waals surface area contributed by atoms with Crippen LogP contribution in [0.5, 0.6) is 0 Å². The molecule has 2 aromatic heterocycles. The van der Waals surface area contributed by atoms with E-state index in [-0.39, 0.29) is 5.56 Å². The summed E-state index contributed by atoms with van der Waals surface area (Å²) in [5, 5.41) is 3.69. The first kappa shape index (κ1) is 18.7. The summed E-state index contributed by atoms with van der Waals surface area (Å²) in [6.07, 6.45) is 8.99. The largest absolute Gasteiger partial charge is 0.350 e. The van der Waals surface area contributed by atoms with E-state index in [1.165, 1.54) is 12.1 Å². The van der Waals surface area contributed by atoms with Crippen LogP contribution in [0.3, 0.4) is 0 Å². The summed E-state index contributed by atoms with van der Waals surface area (Å²) in [5.41, 5.74) is 1.31. The second-order valence-corrected chi connectivity index (χ2v) is 7.71.